The van der Waals surface area contributed by atoms with Crippen molar-refractivity contribution in [1.82, 2.24) is 0 Å². The van der Waals surface area contributed by atoms with Crippen LogP contribution >= 0.6 is 23.2 Å². The Hall–Kier alpha value is -2.51. The Morgan fingerprint density at radius 2 is 1.77 bits per heavy atom. The van der Waals surface area contributed by atoms with Gasteiger partial charge in [0.15, 0.2) is 11.5 Å². The number of anilines is 1. The lowest BCUT2D eigenvalue weighted by Gasteiger charge is -2.15. The predicted molar refractivity (Wildman–Crippen MR) is 103 cm³/mol. The Kier molecular flexibility index (Phi) is 7.06. The van der Waals surface area contributed by atoms with Crippen molar-refractivity contribution in [1.29, 1.82) is 0 Å². The quantitative estimate of drug-likeness (QED) is 0.378. The molecule has 0 radical (unpaired) electrons. The topological polar surface area (TPSA) is 86.0 Å². The third-order valence-corrected chi connectivity index (χ3v) is 3.84. The number of ether oxygens (including phenoxy) is 2. The fourth-order valence-corrected chi connectivity index (χ4v) is 2.73. The second kappa shape index (κ2) is 9.26. The summed E-state index contributed by atoms with van der Waals surface area (Å²) in [6.45, 7) is 4.49. The van der Waals surface area contributed by atoms with Crippen molar-refractivity contribution in [3.05, 3.63) is 56.1 Å². The number of nitrogens with zero attached hydrogens (tertiary/aromatic N) is 2. The van der Waals surface area contributed by atoms with E-state index < -0.39 is 4.92 Å². The molecule has 0 unspecified atom stereocenters. The van der Waals surface area contributed by atoms with Gasteiger partial charge in [-0.25, -0.2) is 0 Å². The highest BCUT2D eigenvalue weighted by atomic mass is 35.5. The number of halogens is 2. The first-order chi connectivity index (χ1) is 12.5. The van der Waals surface area contributed by atoms with Gasteiger partial charge in [-0.3, -0.25) is 15.5 Å². The van der Waals surface area contributed by atoms with Crippen LogP contribution in [-0.2, 0) is 0 Å². The van der Waals surface area contributed by atoms with Crippen molar-refractivity contribution in [2.45, 2.75) is 13.8 Å². The summed E-state index contributed by atoms with van der Waals surface area (Å²) >= 11 is 12.6. The number of non-ortho nitro benzene ring substituents is 1. The number of nitro benzene ring substituents is 1. The highest BCUT2D eigenvalue weighted by Crippen LogP contribution is 2.42. The van der Waals surface area contributed by atoms with Crippen LogP contribution in [0.25, 0.3) is 0 Å². The van der Waals surface area contributed by atoms with Gasteiger partial charge in [-0.05, 0) is 32.0 Å². The van der Waals surface area contributed by atoms with E-state index in [-0.39, 0.29) is 10.7 Å². The first kappa shape index (κ1) is 19.8. The molecule has 0 atom stereocenters. The zero-order valence-electron chi connectivity index (χ0n) is 14.2. The van der Waals surface area contributed by atoms with Crippen LogP contribution in [0.1, 0.15) is 19.4 Å². The molecule has 0 amide bonds. The first-order valence-electron chi connectivity index (χ1n) is 7.79. The summed E-state index contributed by atoms with van der Waals surface area (Å²) in [4.78, 5) is 10.2. The minimum absolute atomic E-state index is 0.00300. The molecule has 0 spiro atoms. The van der Waals surface area contributed by atoms with Crippen molar-refractivity contribution in [2.75, 3.05) is 18.6 Å². The van der Waals surface area contributed by atoms with Gasteiger partial charge in [-0.2, -0.15) is 5.10 Å². The number of rotatable bonds is 8. The molecule has 0 saturated heterocycles. The third kappa shape index (κ3) is 4.77. The van der Waals surface area contributed by atoms with Gasteiger partial charge in [0.1, 0.15) is 5.02 Å². The Bertz CT molecular complexity index is 811. The summed E-state index contributed by atoms with van der Waals surface area (Å²) in [5, 5.41) is 15.4. The van der Waals surface area contributed by atoms with E-state index in [1.54, 1.807) is 18.2 Å². The molecule has 0 aliphatic rings. The van der Waals surface area contributed by atoms with Crippen LogP contribution in [0, 0.1) is 10.1 Å². The Labute approximate surface area is 160 Å². The highest BCUT2D eigenvalue weighted by molar-refractivity contribution is 6.38. The standard InChI is InChI=1S/C17H17Cl2N3O4/c1-3-25-16-11(9-14(18)17(15(16)19)26-4-2)10-20-21-12-5-7-13(8-6-12)22(23)24/h5-10,21H,3-4H2,1-2H3. The van der Waals surface area contributed by atoms with Crippen LogP contribution in [0.2, 0.25) is 10.0 Å². The molecule has 26 heavy (non-hydrogen) atoms. The Morgan fingerprint density at radius 1 is 1.15 bits per heavy atom. The van der Waals surface area contributed by atoms with Crippen LogP contribution < -0.4 is 14.9 Å². The number of nitro groups is 1. The van der Waals surface area contributed by atoms with E-state index >= 15 is 0 Å². The van der Waals surface area contributed by atoms with E-state index in [4.69, 9.17) is 32.7 Å². The van der Waals surface area contributed by atoms with Gasteiger partial charge in [0, 0.05) is 17.7 Å². The van der Waals surface area contributed by atoms with E-state index in [0.29, 0.717) is 41.0 Å². The van der Waals surface area contributed by atoms with Gasteiger partial charge in [0.2, 0.25) is 0 Å². The van der Waals surface area contributed by atoms with Gasteiger partial charge < -0.3 is 9.47 Å². The molecule has 2 aromatic carbocycles. The van der Waals surface area contributed by atoms with Gasteiger partial charge in [-0.1, -0.05) is 23.2 Å². The van der Waals surface area contributed by atoms with Crippen LogP contribution in [0.5, 0.6) is 11.5 Å². The second-order valence-corrected chi connectivity index (χ2v) is 5.75. The summed E-state index contributed by atoms with van der Waals surface area (Å²) in [5.41, 5.74) is 3.94. The van der Waals surface area contributed by atoms with Crippen LogP contribution in [0.4, 0.5) is 11.4 Å². The first-order valence-corrected chi connectivity index (χ1v) is 8.54. The normalized spacial score (nSPS) is 10.8. The molecule has 0 bridgehead atoms. The van der Waals surface area contributed by atoms with Crippen molar-refractivity contribution in [3.8, 4) is 11.5 Å². The minimum Gasteiger partial charge on any atom is -0.491 e. The van der Waals surface area contributed by atoms with Gasteiger partial charge >= 0.3 is 0 Å². The molecule has 9 heteroatoms. The van der Waals surface area contributed by atoms with Crippen molar-refractivity contribution in [2.24, 2.45) is 5.10 Å². The SMILES string of the molecule is CCOc1c(Cl)cc(C=NNc2ccc([N+](=O)[O-])cc2)c(OCC)c1Cl. The largest absolute Gasteiger partial charge is 0.491 e. The summed E-state index contributed by atoms with van der Waals surface area (Å²) in [7, 11) is 0. The summed E-state index contributed by atoms with van der Waals surface area (Å²) in [6.07, 6.45) is 1.50. The van der Waals surface area contributed by atoms with E-state index in [1.807, 2.05) is 13.8 Å². The summed E-state index contributed by atoms with van der Waals surface area (Å²) < 4.78 is 11.0. The molecule has 0 heterocycles. The molecular formula is C17H17Cl2N3O4. The lowest BCUT2D eigenvalue weighted by molar-refractivity contribution is -0.384. The molecule has 2 aromatic rings. The second-order valence-electron chi connectivity index (χ2n) is 4.96. The average Bonchev–Trinajstić information content (AvgIpc) is 2.62. The number of benzene rings is 2. The van der Waals surface area contributed by atoms with Crippen LogP contribution in [0.15, 0.2) is 35.4 Å². The zero-order chi connectivity index (χ0) is 19.1. The average molecular weight is 398 g/mol. The van der Waals surface area contributed by atoms with Crippen molar-refractivity contribution >= 4 is 40.8 Å². The molecule has 0 aliphatic heterocycles. The van der Waals surface area contributed by atoms with E-state index in [0.717, 1.165) is 0 Å². The zero-order valence-corrected chi connectivity index (χ0v) is 15.7. The number of hydrogen-bond donors (Lipinski definition) is 1. The lowest BCUT2D eigenvalue weighted by Crippen LogP contribution is -2.02. The Morgan fingerprint density at radius 3 is 2.35 bits per heavy atom. The highest BCUT2D eigenvalue weighted by Gasteiger charge is 2.17. The number of nitrogens with one attached hydrogen (secondary N) is 1. The Balaban J connectivity index is 2.24. The number of hydrazone groups is 1. The van der Waals surface area contributed by atoms with E-state index in [1.165, 1.54) is 18.3 Å². The molecule has 0 aromatic heterocycles. The van der Waals surface area contributed by atoms with Gasteiger partial charge in [0.25, 0.3) is 5.69 Å². The molecule has 0 aliphatic carbocycles. The maximum Gasteiger partial charge on any atom is 0.269 e. The van der Waals surface area contributed by atoms with Crippen molar-refractivity contribution in [3.63, 3.8) is 0 Å². The maximum absolute atomic E-state index is 10.7. The fourth-order valence-electron chi connectivity index (χ4n) is 2.10. The minimum atomic E-state index is -0.467. The monoisotopic (exact) mass is 397 g/mol. The lowest BCUT2D eigenvalue weighted by atomic mass is 10.2. The predicted octanol–water partition coefficient (Wildman–Crippen LogP) is 5.15. The molecule has 138 valence electrons. The van der Waals surface area contributed by atoms with E-state index in [9.17, 15) is 10.1 Å². The van der Waals surface area contributed by atoms with Gasteiger partial charge in [-0.15, -0.1) is 0 Å². The van der Waals surface area contributed by atoms with Gasteiger partial charge in [0.05, 0.1) is 35.1 Å². The van der Waals surface area contributed by atoms with Crippen molar-refractivity contribution < 1.29 is 14.4 Å². The van der Waals surface area contributed by atoms with Crippen LogP contribution in [-0.4, -0.2) is 24.4 Å². The third-order valence-electron chi connectivity index (χ3n) is 3.21. The fraction of sp³-hybridized carbons (Fsp3) is 0.235. The maximum atomic E-state index is 10.7. The molecule has 0 saturated carbocycles. The van der Waals surface area contributed by atoms with Crippen LogP contribution in [0.3, 0.4) is 0 Å². The van der Waals surface area contributed by atoms with E-state index in [2.05, 4.69) is 10.5 Å². The molecule has 0 fully saturated rings. The molecule has 7 nitrogen and oxygen atoms in total. The summed E-state index contributed by atoms with van der Waals surface area (Å²) in [5.74, 6) is 0.774. The number of hydrogen-bond acceptors (Lipinski definition) is 6. The molecular weight excluding hydrogens is 381 g/mol. The molecule has 1 N–H and O–H groups in total. The smallest absolute Gasteiger partial charge is 0.269 e. The molecule has 2 rings (SSSR count). The summed E-state index contributed by atoms with van der Waals surface area (Å²) in [6, 6.07) is 7.51.